The maximum Gasteiger partial charge on any atom is 0.228 e. The van der Waals surface area contributed by atoms with Gasteiger partial charge in [0.15, 0.2) is 0 Å². The van der Waals surface area contributed by atoms with E-state index >= 15 is 0 Å². The van der Waals surface area contributed by atoms with Gasteiger partial charge in [0.2, 0.25) is 15.9 Å². The predicted octanol–water partition coefficient (Wildman–Crippen LogP) is 0.805. The van der Waals surface area contributed by atoms with Gasteiger partial charge in [0, 0.05) is 31.9 Å². The standard InChI is InChI=1S/C15H23N3O3S/c1-12-5-3-4-6-14(12)17-15(19)13(2)11-22(20,21)18-9-7-16-8-10-18/h3-6,13,16H,7-11H2,1-2H3,(H,17,19). The summed E-state index contributed by atoms with van der Waals surface area (Å²) in [5, 5.41) is 5.92. The number of hydrogen-bond donors (Lipinski definition) is 2. The van der Waals surface area contributed by atoms with Crippen LogP contribution in [0.1, 0.15) is 12.5 Å². The molecule has 6 nitrogen and oxygen atoms in total. The number of anilines is 1. The van der Waals surface area contributed by atoms with E-state index in [1.165, 1.54) is 4.31 Å². The first-order valence-corrected chi connectivity index (χ1v) is 9.06. The van der Waals surface area contributed by atoms with Gasteiger partial charge in [-0.1, -0.05) is 25.1 Å². The molecule has 0 spiro atoms. The van der Waals surface area contributed by atoms with Crippen LogP contribution in [0.25, 0.3) is 0 Å². The molecule has 1 aromatic carbocycles. The molecule has 1 aliphatic heterocycles. The molecule has 1 amide bonds. The van der Waals surface area contributed by atoms with Gasteiger partial charge in [0.05, 0.1) is 11.7 Å². The van der Waals surface area contributed by atoms with Crippen LogP contribution in [0.3, 0.4) is 0 Å². The smallest absolute Gasteiger partial charge is 0.228 e. The Hall–Kier alpha value is -1.44. The minimum absolute atomic E-state index is 0.162. The molecule has 1 unspecified atom stereocenters. The van der Waals surface area contributed by atoms with Crippen molar-refractivity contribution in [3.63, 3.8) is 0 Å². The first-order valence-electron chi connectivity index (χ1n) is 7.45. The maximum absolute atomic E-state index is 12.3. The van der Waals surface area contributed by atoms with E-state index in [0.29, 0.717) is 26.2 Å². The van der Waals surface area contributed by atoms with Gasteiger partial charge in [0.1, 0.15) is 0 Å². The molecule has 7 heteroatoms. The van der Waals surface area contributed by atoms with Gasteiger partial charge in [-0.05, 0) is 18.6 Å². The highest BCUT2D eigenvalue weighted by Gasteiger charge is 2.28. The second-order valence-electron chi connectivity index (χ2n) is 5.63. The lowest BCUT2D eigenvalue weighted by atomic mass is 10.1. The fraction of sp³-hybridized carbons (Fsp3) is 0.533. The zero-order chi connectivity index (χ0) is 16.2. The summed E-state index contributed by atoms with van der Waals surface area (Å²) in [7, 11) is -3.40. The molecule has 1 aromatic rings. The lowest BCUT2D eigenvalue weighted by Gasteiger charge is -2.27. The highest BCUT2D eigenvalue weighted by molar-refractivity contribution is 7.89. The van der Waals surface area contributed by atoms with E-state index in [1.54, 1.807) is 6.92 Å². The molecule has 22 heavy (non-hydrogen) atoms. The molecule has 122 valence electrons. The lowest BCUT2D eigenvalue weighted by molar-refractivity contribution is -0.118. The summed E-state index contributed by atoms with van der Waals surface area (Å²) < 4.78 is 26.1. The van der Waals surface area contributed by atoms with Gasteiger partial charge >= 0.3 is 0 Å². The second-order valence-corrected chi connectivity index (χ2v) is 7.65. The maximum atomic E-state index is 12.3. The molecule has 0 aliphatic carbocycles. The van der Waals surface area contributed by atoms with Gasteiger partial charge in [-0.15, -0.1) is 0 Å². The number of nitrogens with zero attached hydrogens (tertiary/aromatic N) is 1. The number of hydrogen-bond acceptors (Lipinski definition) is 4. The average Bonchev–Trinajstić information content (AvgIpc) is 2.50. The van der Waals surface area contributed by atoms with Gasteiger partial charge in [-0.25, -0.2) is 8.42 Å². The molecule has 0 aromatic heterocycles. The Bertz CT molecular complexity index is 625. The van der Waals surface area contributed by atoms with E-state index in [1.807, 2.05) is 31.2 Å². The first-order chi connectivity index (χ1) is 10.4. The van der Waals surface area contributed by atoms with Crippen LogP contribution in [0.2, 0.25) is 0 Å². The van der Waals surface area contributed by atoms with Crippen LogP contribution >= 0.6 is 0 Å². The van der Waals surface area contributed by atoms with E-state index < -0.39 is 15.9 Å². The van der Waals surface area contributed by atoms with Crippen molar-refractivity contribution in [3.8, 4) is 0 Å². The highest BCUT2D eigenvalue weighted by atomic mass is 32.2. The van der Waals surface area contributed by atoms with Crippen molar-refractivity contribution >= 4 is 21.6 Å². The summed E-state index contributed by atoms with van der Waals surface area (Å²) in [5.74, 6) is -1.03. The third-order valence-electron chi connectivity index (χ3n) is 3.78. The predicted molar refractivity (Wildman–Crippen MR) is 87.2 cm³/mol. The molecule has 1 fully saturated rings. The van der Waals surface area contributed by atoms with E-state index in [2.05, 4.69) is 10.6 Å². The highest BCUT2D eigenvalue weighted by Crippen LogP contribution is 2.16. The fourth-order valence-electron chi connectivity index (χ4n) is 2.39. The number of nitrogens with one attached hydrogen (secondary N) is 2. The molecule has 1 atom stereocenters. The topological polar surface area (TPSA) is 78.5 Å². The Morgan fingerprint density at radius 3 is 2.59 bits per heavy atom. The van der Waals surface area contributed by atoms with Crippen molar-refractivity contribution < 1.29 is 13.2 Å². The van der Waals surface area contributed by atoms with Crippen LogP contribution in [0.4, 0.5) is 5.69 Å². The Morgan fingerprint density at radius 1 is 1.32 bits per heavy atom. The van der Waals surface area contributed by atoms with Crippen molar-refractivity contribution in [2.45, 2.75) is 13.8 Å². The Labute approximate surface area is 131 Å². The molecule has 0 saturated carbocycles. The largest absolute Gasteiger partial charge is 0.326 e. The second kappa shape index (κ2) is 7.21. The molecular formula is C15H23N3O3S. The Kier molecular flexibility index (Phi) is 5.55. The zero-order valence-corrected chi connectivity index (χ0v) is 13.8. The number of benzene rings is 1. The summed E-state index contributed by atoms with van der Waals surface area (Å²) in [6.07, 6.45) is 0. The SMILES string of the molecule is Cc1ccccc1NC(=O)C(C)CS(=O)(=O)N1CCNCC1. The monoisotopic (exact) mass is 325 g/mol. The third kappa shape index (κ3) is 4.28. The fourth-order valence-corrected chi connectivity index (χ4v) is 4.12. The molecule has 0 radical (unpaired) electrons. The molecule has 2 N–H and O–H groups in total. The lowest BCUT2D eigenvalue weighted by Crippen LogP contribution is -2.48. The van der Waals surface area contributed by atoms with Crippen molar-refractivity contribution in [2.24, 2.45) is 5.92 Å². The van der Waals surface area contributed by atoms with Gasteiger partial charge in [-0.2, -0.15) is 4.31 Å². The zero-order valence-electron chi connectivity index (χ0n) is 13.0. The van der Waals surface area contributed by atoms with Crippen molar-refractivity contribution in [1.29, 1.82) is 0 Å². The van der Waals surface area contributed by atoms with E-state index in [0.717, 1.165) is 11.3 Å². The van der Waals surface area contributed by atoms with E-state index in [9.17, 15) is 13.2 Å². The normalized spacial score (nSPS) is 17.9. The molecule has 1 aliphatic rings. The van der Waals surface area contributed by atoms with Gasteiger partial charge < -0.3 is 10.6 Å². The first kappa shape index (κ1) is 16.9. The van der Waals surface area contributed by atoms with E-state index in [4.69, 9.17) is 0 Å². The Morgan fingerprint density at radius 2 is 1.95 bits per heavy atom. The number of aryl methyl sites for hydroxylation is 1. The number of rotatable bonds is 5. The minimum Gasteiger partial charge on any atom is -0.326 e. The molecule has 0 bridgehead atoms. The summed E-state index contributed by atoms with van der Waals surface area (Å²) in [6.45, 7) is 5.79. The van der Waals surface area contributed by atoms with Crippen LogP contribution in [-0.2, 0) is 14.8 Å². The summed E-state index contributed by atoms with van der Waals surface area (Å²) in [6, 6.07) is 7.44. The number of amides is 1. The number of piperazine rings is 1. The molecular weight excluding hydrogens is 302 g/mol. The quantitative estimate of drug-likeness (QED) is 0.839. The van der Waals surface area contributed by atoms with E-state index in [-0.39, 0.29) is 11.7 Å². The van der Waals surface area contributed by atoms with Crippen molar-refractivity contribution in [1.82, 2.24) is 9.62 Å². The Balaban J connectivity index is 1.97. The number of carbonyl (C=O) groups is 1. The molecule has 1 saturated heterocycles. The van der Waals surface area contributed by atoms with Crippen LogP contribution in [0, 0.1) is 12.8 Å². The van der Waals surface area contributed by atoms with Gasteiger partial charge in [0.25, 0.3) is 0 Å². The van der Waals surface area contributed by atoms with Crippen LogP contribution in [0.5, 0.6) is 0 Å². The third-order valence-corrected chi connectivity index (χ3v) is 5.85. The van der Waals surface area contributed by atoms with Crippen molar-refractivity contribution in [2.75, 3.05) is 37.2 Å². The summed E-state index contributed by atoms with van der Waals surface area (Å²) in [5.41, 5.74) is 1.67. The van der Waals surface area contributed by atoms with Crippen LogP contribution < -0.4 is 10.6 Å². The summed E-state index contributed by atoms with van der Waals surface area (Å²) >= 11 is 0. The molecule has 1 heterocycles. The average molecular weight is 325 g/mol. The minimum atomic E-state index is -3.40. The number of sulfonamides is 1. The van der Waals surface area contributed by atoms with Crippen LogP contribution in [0.15, 0.2) is 24.3 Å². The van der Waals surface area contributed by atoms with Crippen molar-refractivity contribution in [3.05, 3.63) is 29.8 Å². The van der Waals surface area contributed by atoms with Crippen LogP contribution in [-0.4, -0.2) is 50.6 Å². The number of carbonyl (C=O) groups excluding carboxylic acids is 1. The molecule has 2 rings (SSSR count). The number of para-hydroxylation sites is 1. The van der Waals surface area contributed by atoms with Gasteiger partial charge in [-0.3, -0.25) is 4.79 Å². The summed E-state index contributed by atoms with van der Waals surface area (Å²) in [4.78, 5) is 12.2.